The number of aryl methyl sites for hydroxylation is 1. The number of carbonyl (C=O) groups excluding carboxylic acids is 1. The van der Waals surface area contributed by atoms with Crippen LogP contribution in [0.1, 0.15) is 25.8 Å². The van der Waals surface area contributed by atoms with E-state index in [1.165, 1.54) is 0 Å². The van der Waals surface area contributed by atoms with Gasteiger partial charge in [0.05, 0.1) is 14.2 Å². The third-order valence-corrected chi connectivity index (χ3v) is 4.70. The lowest BCUT2D eigenvalue weighted by Crippen LogP contribution is -2.33. The maximum absolute atomic E-state index is 12.4. The molecule has 1 aromatic rings. The van der Waals surface area contributed by atoms with Crippen molar-refractivity contribution in [2.24, 2.45) is 17.6 Å². The molecule has 1 saturated heterocycles. The monoisotopic (exact) mass is 320 g/mol. The molecule has 1 aliphatic rings. The highest BCUT2D eigenvalue weighted by Crippen LogP contribution is 2.28. The lowest BCUT2D eigenvalue weighted by atomic mass is 9.92. The predicted molar refractivity (Wildman–Crippen MR) is 90.8 cm³/mol. The smallest absolute Gasteiger partial charge is 0.222 e. The Balaban J connectivity index is 1.92. The van der Waals surface area contributed by atoms with Crippen molar-refractivity contribution in [2.45, 2.75) is 32.7 Å². The Kier molecular flexibility index (Phi) is 5.88. The van der Waals surface area contributed by atoms with E-state index >= 15 is 0 Å². The van der Waals surface area contributed by atoms with Crippen LogP contribution in [0.2, 0.25) is 0 Å². The molecule has 0 radical (unpaired) electrons. The number of carbonyl (C=O) groups is 1. The van der Waals surface area contributed by atoms with Gasteiger partial charge in [0.25, 0.3) is 0 Å². The molecule has 0 bridgehead atoms. The first kappa shape index (κ1) is 17.6. The molecular formula is C18H28N2O3. The molecule has 2 atom stereocenters. The maximum atomic E-state index is 12.4. The van der Waals surface area contributed by atoms with Crippen LogP contribution in [0.3, 0.4) is 0 Å². The van der Waals surface area contributed by atoms with Crippen LogP contribution in [0.4, 0.5) is 0 Å². The van der Waals surface area contributed by atoms with E-state index in [0.29, 0.717) is 42.7 Å². The number of likely N-dealkylation sites (tertiary alicyclic amines) is 1. The molecule has 128 valence electrons. The molecule has 0 saturated carbocycles. The Morgan fingerprint density at radius 3 is 2.52 bits per heavy atom. The maximum Gasteiger partial charge on any atom is 0.222 e. The van der Waals surface area contributed by atoms with Gasteiger partial charge in [-0.2, -0.15) is 0 Å². The van der Waals surface area contributed by atoms with Crippen LogP contribution in [-0.2, 0) is 11.2 Å². The van der Waals surface area contributed by atoms with Crippen LogP contribution >= 0.6 is 0 Å². The third kappa shape index (κ3) is 4.16. The molecule has 23 heavy (non-hydrogen) atoms. The van der Waals surface area contributed by atoms with Gasteiger partial charge in [0, 0.05) is 25.6 Å². The van der Waals surface area contributed by atoms with E-state index in [-0.39, 0.29) is 11.9 Å². The summed E-state index contributed by atoms with van der Waals surface area (Å²) in [5, 5.41) is 0. The summed E-state index contributed by atoms with van der Waals surface area (Å²) in [5.74, 6) is 2.49. The lowest BCUT2D eigenvalue weighted by molar-refractivity contribution is -0.130. The van der Waals surface area contributed by atoms with Crippen LogP contribution < -0.4 is 15.2 Å². The number of hydrogen-bond acceptors (Lipinski definition) is 4. The Bertz CT molecular complexity index is 545. The Morgan fingerprint density at radius 2 is 1.96 bits per heavy atom. The van der Waals surface area contributed by atoms with Crippen molar-refractivity contribution in [3.63, 3.8) is 0 Å². The van der Waals surface area contributed by atoms with Gasteiger partial charge < -0.3 is 20.1 Å². The first-order chi connectivity index (χ1) is 11.0. The van der Waals surface area contributed by atoms with Gasteiger partial charge >= 0.3 is 0 Å². The van der Waals surface area contributed by atoms with Crippen molar-refractivity contribution in [1.82, 2.24) is 4.90 Å². The molecule has 2 rings (SSSR count). The van der Waals surface area contributed by atoms with E-state index in [0.717, 1.165) is 12.1 Å². The summed E-state index contributed by atoms with van der Waals surface area (Å²) in [6, 6.07) is 5.87. The normalized spacial score (nSPS) is 20.9. The highest BCUT2D eigenvalue weighted by Gasteiger charge is 2.34. The predicted octanol–water partition coefficient (Wildman–Crippen LogP) is 2.08. The van der Waals surface area contributed by atoms with Gasteiger partial charge in [-0.1, -0.05) is 19.9 Å². The first-order valence-electron chi connectivity index (χ1n) is 8.20. The molecule has 1 fully saturated rings. The number of nitrogens with two attached hydrogens (primary N) is 1. The first-order valence-corrected chi connectivity index (χ1v) is 8.20. The number of nitrogens with zero attached hydrogens (tertiary/aromatic N) is 1. The molecule has 5 heteroatoms. The second kappa shape index (κ2) is 7.68. The number of rotatable bonds is 6. The van der Waals surface area contributed by atoms with Gasteiger partial charge in [-0.25, -0.2) is 0 Å². The minimum Gasteiger partial charge on any atom is -0.493 e. The minimum atomic E-state index is 0.0973. The van der Waals surface area contributed by atoms with E-state index in [1.807, 2.05) is 23.1 Å². The van der Waals surface area contributed by atoms with Gasteiger partial charge in [-0.3, -0.25) is 4.79 Å². The average Bonchev–Trinajstić information content (AvgIpc) is 2.94. The van der Waals surface area contributed by atoms with Crippen LogP contribution in [0.5, 0.6) is 11.5 Å². The van der Waals surface area contributed by atoms with Crippen molar-refractivity contribution >= 4 is 5.91 Å². The molecular weight excluding hydrogens is 292 g/mol. The SMILES string of the molecule is COc1ccc(CCC(=O)N2C[C@@H](N)[C@H](C(C)C)C2)cc1OC. The topological polar surface area (TPSA) is 64.8 Å². The summed E-state index contributed by atoms with van der Waals surface area (Å²) in [5.41, 5.74) is 7.23. The molecule has 1 aliphatic heterocycles. The molecule has 1 aromatic carbocycles. The number of ether oxygens (including phenoxy) is 2. The molecule has 0 unspecified atom stereocenters. The van der Waals surface area contributed by atoms with Gasteiger partial charge in [0.15, 0.2) is 11.5 Å². The summed E-state index contributed by atoms with van der Waals surface area (Å²) in [6.45, 7) is 5.79. The van der Waals surface area contributed by atoms with Gasteiger partial charge in [-0.15, -0.1) is 0 Å². The second-order valence-corrected chi connectivity index (χ2v) is 6.56. The zero-order valence-electron chi connectivity index (χ0n) is 14.5. The number of amides is 1. The molecule has 5 nitrogen and oxygen atoms in total. The van der Waals surface area contributed by atoms with E-state index in [9.17, 15) is 4.79 Å². The summed E-state index contributed by atoms with van der Waals surface area (Å²) in [7, 11) is 3.23. The largest absolute Gasteiger partial charge is 0.493 e. The van der Waals surface area contributed by atoms with Gasteiger partial charge in [-0.05, 0) is 36.0 Å². The fourth-order valence-electron chi connectivity index (χ4n) is 3.21. The fourth-order valence-corrected chi connectivity index (χ4v) is 3.21. The summed E-state index contributed by atoms with van der Waals surface area (Å²) >= 11 is 0. The molecule has 2 N–H and O–H groups in total. The van der Waals surface area contributed by atoms with Crippen LogP contribution in [-0.4, -0.2) is 44.2 Å². The van der Waals surface area contributed by atoms with Crippen LogP contribution in [0.25, 0.3) is 0 Å². The van der Waals surface area contributed by atoms with Crippen molar-refractivity contribution in [2.75, 3.05) is 27.3 Å². The van der Waals surface area contributed by atoms with Crippen molar-refractivity contribution in [3.05, 3.63) is 23.8 Å². The quantitative estimate of drug-likeness (QED) is 0.871. The van der Waals surface area contributed by atoms with E-state index < -0.39 is 0 Å². The summed E-state index contributed by atoms with van der Waals surface area (Å²) in [6.07, 6.45) is 1.18. The Morgan fingerprint density at radius 1 is 1.26 bits per heavy atom. The minimum absolute atomic E-state index is 0.0973. The Hall–Kier alpha value is -1.75. The van der Waals surface area contributed by atoms with Crippen molar-refractivity contribution < 1.29 is 14.3 Å². The standard InChI is InChI=1S/C18H28N2O3/c1-12(2)14-10-20(11-15(14)19)18(21)8-6-13-5-7-16(22-3)17(9-13)23-4/h5,7,9,12,14-15H,6,8,10-11,19H2,1-4H3/t14-,15+/m0/s1. The fraction of sp³-hybridized carbons (Fsp3) is 0.611. The van der Waals surface area contributed by atoms with Crippen LogP contribution in [0.15, 0.2) is 18.2 Å². The van der Waals surface area contributed by atoms with E-state index in [2.05, 4.69) is 13.8 Å². The zero-order chi connectivity index (χ0) is 17.0. The molecule has 1 heterocycles. The molecule has 0 aliphatic carbocycles. The second-order valence-electron chi connectivity index (χ2n) is 6.56. The summed E-state index contributed by atoms with van der Waals surface area (Å²) in [4.78, 5) is 14.3. The Labute approximate surface area is 138 Å². The van der Waals surface area contributed by atoms with Crippen molar-refractivity contribution in [3.8, 4) is 11.5 Å². The van der Waals surface area contributed by atoms with E-state index in [1.54, 1.807) is 14.2 Å². The highest BCUT2D eigenvalue weighted by molar-refractivity contribution is 5.77. The summed E-state index contributed by atoms with van der Waals surface area (Å²) < 4.78 is 10.5. The van der Waals surface area contributed by atoms with Gasteiger partial charge in [0.2, 0.25) is 5.91 Å². The molecule has 0 aromatic heterocycles. The zero-order valence-corrected chi connectivity index (χ0v) is 14.5. The number of benzene rings is 1. The average molecular weight is 320 g/mol. The number of methoxy groups -OCH3 is 2. The lowest BCUT2D eigenvalue weighted by Gasteiger charge is -2.18. The van der Waals surface area contributed by atoms with Crippen molar-refractivity contribution in [1.29, 1.82) is 0 Å². The number of hydrogen-bond donors (Lipinski definition) is 1. The highest BCUT2D eigenvalue weighted by atomic mass is 16.5. The molecule has 1 amide bonds. The van der Waals surface area contributed by atoms with Crippen LogP contribution in [0, 0.1) is 11.8 Å². The van der Waals surface area contributed by atoms with Gasteiger partial charge in [0.1, 0.15) is 0 Å². The molecule has 0 spiro atoms. The third-order valence-electron chi connectivity index (χ3n) is 4.70. The van der Waals surface area contributed by atoms with E-state index in [4.69, 9.17) is 15.2 Å².